The van der Waals surface area contributed by atoms with Gasteiger partial charge in [-0.25, -0.2) is 4.79 Å². The van der Waals surface area contributed by atoms with E-state index in [1.165, 1.54) is 4.88 Å². The average molecular weight is 347 g/mol. The first-order valence-corrected chi connectivity index (χ1v) is 9.23. The van der Waals surface area contributed by atoms with Gasteiger partial charge in [0.1, 0.15) is 5.25 Å². The van der Waals surface area contributed by atoms with Crippen molar-refractivity contribution in [3.8, 4) is 0 Å². The van der Waals surface area contributed by atoms with Gasteiger partial charge < -0.3 is 10.4 Å². The number of hydrogen-bond donors (Lipinski definition) is 2. The molecule has 0 saturated heterocycles. The molecule has 0 spiro atoms. The SMILES string of the molecule is Cc1cc(C)c(C(=O)O)cc1NC(=O)C1SCCc2sccc21. The maximum absolute atomic E-state index is 12.7. The first-order chi connectivity index (χ1) is 11.0. The van der Waals surface area contributed by atoms with Crippen LogP contribution in [0.3, 0.4) is 0 Å². The van der Waals surface area contributed by atoms with Gasteiger partial charge in [0.05, 0.1) is 5.56 Å². The molecular weight excluding hydrogens is 330 g/mol. The van der Waals surface area contributed by atoms with E-state index in [1.54, 1.807) is 42.2 Å². The number of anilines is 1. The van der Waals surface area contributed by atoms with Gasteiger partial charge in [0.15, 0.2) is 0 Å². The Bertz CT molecular complexity index is 782. The molecule has 6 heteroatoms. The molecule has 0 radical (unpaired) electrons. The summed E-state index contributed by atoms with van der Waals surface area (Å²) in [6.07, 6.45) is 1.01. The molecular formula is C17H17NO3S2. The number of nitrogens with one attached hydrogen (secondary N) is 1. The van der Waals surface area contributed by atoms with Gasteiger partial charge in [0.2, 0.25) is 5.91 Å². The molecule has 0 bridgehead atoms. The largest absolute Gasteiger partial charge is 0.478 e. The fraction of sp³-hybridized carbons (Fsp3) is 0.294. The predicted molar refractivity (Wildman–Crippen MR) is 94.7 cm³/mol. The fourth-order valence-electron chi connectivity index (χ4n) is 2.78. The van der Waals surface area contributed by atoms with Gasteiger partial charge in [0, 0.05) is 10.6 Å². The van der Waals surface area contributed by atoms with E-state index in [2.05, 4.69) is 5.32 Å². The van der Waals surface area contributed by atoms with E-state index >= 15 is 0 Å². The zero-order valence-corrected chi connectivity index (χ0v) is 14.5. The summed E-state index contributed by atoms with van der Waals surface area (Å²) in [5, 5.41) is 14.0. The number of rotatable bonds is 3. The topological polar surface area (TPSA) is 66.4 Å². The van der Waals surface area contributed by atoms with Crippen LogP contribution in [0.1, 0.15) is 37.2 Å². The lowest BCUT2D eigenvalue weighted by Gasteiger charge is -2.22. The minimum Gasteiger partial charge on any atom is -0.478 e. The number of benzene rings is 1. The molecule has 3 rings (SSSR count). The Balaban J connectivity index is 1.87. The second-order valence-electron chi connectivity index (χ2n) is 5.58. The summed E-state index contributed by atoms with van der Waals surface area (Å²) in [4.78, 5) is 25.2. The highest BCUT2D eigenvalue weighted by atomic mass is 32.2. The second kappa shape index (κ2) is 6.37. The maximum Gasteiger partial charge on any atom is 0.336 e. The molecule has 2 aromatic rings. The highest BCUT2D eigenvalue weighted by Crippen LogP contribution is 2.40. The Hall–Kier alpha value is -1.79. The summed E-state index contributed by atoms with van der Waals surface area (Å²) in [5.74, 6) is -0.137. The van der Waals surface area contributed by atoms with Crippen molar-refractivity contribution in [3.63, 3.8) is 0 Å². The van der Waals surface area contributed by atoms with Crippen molar-refractivity contribution in [2.24, 2.45) is 0 Å². The van der Waals surface area contributed by atoms with Crippen molar-refractivity contribution < 1.29 is 14.7 Å². The number of aryl methyl sites for hydroxylation is 3. The number of thiophene rings is 1. The minimum atomic E-state index is -0.981. The number of carboxylic acid groups (broad SMARTS) is 1. The summed E-state index contributed by atoms with van der Waals surface area (Å²) >= 11 is 3.33. The fourth-order valence-corrected chi connectivity index (χ4v) is 5.07. The van der Waals surface area contributed by atoms with Crippen LogP contribution in [0.2, 0.25) is 0 Å². The van der Waals surface area contributed by atoms with Crippen LogP contribution in [-0.4, -0.2) is 22.7 Å². The molecule has 4 nitrogen and oxygen atoms in total. The first-order valence-electron chi connectivity index (χ1n) is 7.30. The molecule has 1 atom stereocenters. The number of hydrogen-bond acceptors (Lipinski definition) is 4. The molecule has 120 valence electrons. The number of carbonyl (C=O) groups is 2. The zero-order valence-electron chi connectivity index (χ0n) is 12.9. The zero-order chi connectivity index (χ0) is 16.6. The molecule has 0 aliphatic carbocycles. The smallest absolute Gasteiger partial charge is 0.336 e. The van der Waals surface area contributed by atoms with E-state index in [1.807, 2.05) is 18.4 Å². The highest BCUT2D eigenvalue weighted by Gasteiger charge is 2.28. The summed E-state index contributed by atoms with van der Waals surface area (Å²) < 4.78 is 0. The van der Waals surface area contributed by atoms with E-state index in [0.29, 0.717) is 11.3 Å². The number of amides is 1. The van der Waals surface area contributed by atoms with Crippen LogP contribution in [0.25, 0.3) is 0 Å². The van der Waals surface area contributed by atoms with Crippen molar-refractivity contribution in [1.29, 1.82) is 0 Å². The molecule has 1 aliphatic heterocycles. The van der Waals surface area contributed by atoms with Gasteiger partial charge in [-0.1, -0.05) is 6.07 Å². The highest BCUT2D eigenvalue weighted by molar-refractivity contribution is 8.00. The summed E-state index contributed by atoms with van der Waals surface area (Å²) in [6.45, 7) is 3.63. The standard InChI is InChI=1S/C17H17NO3S2/c1-9-7-10(2)13(8-12(9)17(20)21)18-16(19)15-11-3-5-22-14(11)4-6-23-15/h3,5,7-8,15H,4,6H2,1-2H3,(H,18,19)(H,20,21). The van der Waals surface area contributed by atoms with E-state index in [0.717, 1.165) is 23.3 Å². The van der Waals surface area contributed by atoms with Crippen LogP contribution in [0.5, 0.6) is 0 Å². The molecule has 0 saturated carbocycles. The molecule has 1 aliphatic rings. The van der Waals surface area contributed by atoms with E-state index < -0.39 is 5.97 Å². The van der Waals surface area contributed by atoms with Gasteiger partial charge in [-0.3, -0.25) is 4.79 Å². The van der Waals surface area contributed by atoms with Gasteiger partial charge >= 0.3 is 5.97 Å². The number of fused-ring (bicyclic) bond motifs is 1. The molecule has 1 aromatic carbocycles. The van der Waals surface area contributed by atoms with Crippen molar-refractivity contribution in [1.82, 2.24) is 0 Å². The number of carboxylic acids is 1. The van der Waals surface area contributed by atoms with Crippen LogP contribution in [0.4, 0.5) is 5.69 Å². The third-order valence-corrected chi connectivity index (χ3v) is 6.21. The first kappa shape index (κ1) is 16.1. The molecule has 23 heavy (non-hydrogen) atoms. The van der Waals surface area contributed by atoms with Crippen LogP contribution in [-0.2, 0) is 11.2 Å². The minimum absolute atomic E-state index is 0.0855. The van der Waals surface area contributed by atoms with E-state index in [9.17, 15) is 14.7 Å². The lowest BCUT2D eigenvalue weighted by Crippen LogP contribution is -2.22. The Kier molecular flexibility index (Phi) is 4.46. The third-order valence-electron chi connectivity index (χ3n) is 3.97. The van der Waals surface area contributed by atoms with Crippen molar-refractivity contribution in [3.05, 3.63) is 50.7 Å². The van der Waals surface area contributed by atoms with Crippen LogP contribution >= 0.6 is 23.1 Å². The Labute approximate surface area is 142 Å². The van der Waals surface area contributed by atoms with Gasteiger partial charge in [-0.15, -0.1) is 23.1 Å². The predicted octanol–water partition coefficient (Wildman–Crippen LogP) is 4.03. The summed E-state index contributed by atoms with van der Waals surface area (Å²) in [6, 6.07) is 5.36. The molecule has 2 N–H and O–H groups in total. The Morgan fingerprint density at radius 1 is 1.26 bits per heavy atom. The van der Waals surface area contributed by atoms with Crippen molar-refractivity contribution >= 4 is 40.7 Å². The Morgan fingerprint density at radius 2 is 2.04 bits per heavy atom. The monoisotopic (exact) mass is 347 g/mol. The number of thioether (sulfide) groups is 1. The average Bonchev–Trinajstić information content (AvgIpc) is 2.97. The molecule has 0 fully saturated rings. The quantitative estimate of drug-likeness (QED) is 0.880. The van der Waals surface area contributed by atoms with E-state index in [-0.39, 0.29) is 16.7 Å². The third kappa shape index (κ3) is 3.14. The number of aromatic carboxylic acids is 1. The molecule has 1 amide bonds. The van der Waals surface area contributed by atoms with Gasteiger partial charge in [0.25, 0.3) is 0 Å². The van der Waals surface area contributed by atoms with Crippen LogP contribution in [0.15, 0.2) is 23.6 Å². The molecule has 1 aromatic heterocycles. The number of carbonyl (C=O) groups excluding carboxylic acids is 1. The summed E-state index contributed by atoms with van der Waals surface area (Å²) in [7, 11) is 0. The molecule has 2 heterocycles. The molecule has 1 unspecified atom stereocenters. The summed E-state index contributed by atoms with van der Waals surface area (Å²) in [5.41, 5.74) is 3.44. The van der Waals surface area contributed by atoms with Gasteiger partial charge in [-0.2, -0.15) is 0 Å². The normalized spacial score (nSPS) is 16.7. The van der Waals surface area contributed by atoms with Crippen molar-refractivity contribution in [2.75, 3.05) is 11.1 Å². The second-order valence-corrected chi connectivity index (χ2v) is 7.79. The Morgan fingerprint density at radius 3 is 2.78 bits per heavy atom. The maximum atomic E-state index is 12.7. The van der Waals surface area contributed by atoms with Crippen LogP contribution in [0, 0.1) is 13.8 Å². The van der Waals surface area contributed by atoms with Gasteiger partial charge in [-0.05, 0) is 60.2 Å². The van der Waals surface area contributed by atoms with Crippen molar-refractivity contribution in [2.45, 2.75) is 25.5 Å². The van der Waals surface area contributed by atoms with E-state index in [4.69, 9.17) is 0 Å². The lowest BCUT2D eigenvalue weighted by molar-refractivity contribution is -0.115. The van der Waals surface area contributed by atoms with Crippen LogP contribution < -0.4 is 5.32 Å². The lowest BCUT2D eigenvalue weighted by atomic mass is 10.0.